The summed E-state index contributed by atoms with van der Waals surface area (Å²) in [6.07, 6.45) is 7.36. The zero-order valence-corrected chi connectivity index (χ0v) is 15.4. The lowest BCUT2D eigenvalue weighted by Crippen LogP contribution is -2.19. The lowest BCUT2D eigenvalue weighted by atomic mass is 9.93. The Bertz CT molecular complexity index is 796. The molecule has 2 heterocycles. The number of allylic oxidation sites excluding steroid dienone is 1. The Morgan fingerprint density at radius 1 is 1.46 bits per heavy atom. The predicted octanol–water partition coefficient (Wildman–Crippen LogP) is 2.69. The maximum Gasteiger partial charge on any atom is 0.322 e. The van der Waals surface area contributed by atoms with E-state index in [9.17, 15) is 4.79 Å². The summed E-state index contributed by atoms with van der Waals surface area (Å²) in [7, 11) is 0. The van der Waals surface area contributed by atoms with Gasteiger partial charge in [-0.05, 0) is 17.9 Å². The second kappa shape index (κ2) is 8.98. The highest BCUT2D eigenvalue weighted by molar-refractivity contribution is 5.81. The Balaban J connectivity index is 2.20. The van der Waals surface area contributed by atoms with E-state index in [0.717, 1.165) is 30.2 Å². The maximum atomic E-state index is 10.5. The monoisotopic (exact) mass is 358 g/mol. The SMILES string of the molecule is CC[C@H](Cn1ccc2cnc(N/C(C=N)=C/NCC(=O)O)nc21)C(C)C. The van der Waals surface area contributed by atoms with Crippen LogP contribution in [0.25, 0.3) is 11.0 Å². The van der Waals surface area contributed by atoms with Crippen LogP contribution < -0.4 is 10.6 Å². The normalized spacial score (nSPS) is 13.0. The van der Waals surface area contributed by atoms with E-state index in [4.69, 9.17) is 10.5 Å². The highest BCUT2D eigenvalue weighted by atomic mass is 16.4. The largest absolute Gasteiger partial charge is 0.480 e. The minimum Gasteiger partial charge on any atom is -0.480 e. The minimum atomic E-state index is -0.975. The molecule has 0 amide bonds. The summed E-state index contributed by atoms with van der Waals surface area (Å²) >= 11 is 0. The number of nitrogens with zero attached hydrogens (tertiary/aromatic N) is 3. The molecule has 26 heavy (non-hydrogen) atoms. The molecule has 8 heteroatoms. The molecule has 0 aromatic carbocycles. The van der Waals surface area contributed by atoms with Gasteiger partial charge in [-0.25, -0.2) is 4.98 Å². The van der Waals surface area contributed by atoms with Crippen molar-refractivity contribution in [2.24, 2.45) is 11.8 Å². The van der Waals surface area contributed by atoms with E-state index in [1.165, 1.54) is 6.20 Å². The number of carbonyl (C=O) groups is 1. The Hall–Kier alpha value is -2.90. The fourth-order valence-electron chi connectivity index (χ4n) is 2.73. The average molecular weight is 358 g/mol. The number of hydrogen-bond donors (Lipinski definition) is 4. The molecule has 2 aromatic rings. The number of aliphatic carboxylic acids is 1. The van der Waals surface area contributed by atoms with Gasteiger partial charge in [0.2, 0.25) is 5.95 Å². The van der Waals surface area contributed by atoms with Gasteiger partial charge in [0.15, 0.2) is 0 Å². The van der Waals surface area contributed by atoms with Gasteiger partial charge < -0.3 is 25.7 Å². The number of carboxylic acids is 1. The third-order valence-electron chi connectivity index (χ3n) is 4.32. The fraction of sp³-hybridized carbons (Fsp3) is 0.444. The van der Waals surface area contributed by atoms with Crippen LogP contribution in [0.15, 0.2) is 30.4 Å². The first-order chi connectivity index (χ1) is 12.4. The van der Waals surface area contributed by atoms with E-state index in [-0.39, 0.29) is 6.54 Å². The average Bonchev–Trinajstić information content (AvgIpc) is 3.00. The van der Waals surface area contributed by atoms with Crippen molar-refractivity contribution in [3.8, 4) is 0 Å². The van der Waals surface area contributed by atoms with Crippen molar-refractivity contribution < 1.29 is 9.90 Å². The van der Waals surface area contributed by atoms with Gasteiger partial charge in [0.25, 0.3) is 0 Å². The molecule has 2 aromatic heterocycles. The highest BCUT2D eigenvalue weighted by Crippen LogP contribution is 2.21. The van der Waals surface area contributed by atoms with E-state index in [0.29, 0.717) is 23.5 Å². The lowest BCUT2D eigenvalue weighted by molar-refractivity contribution is -0.135. The molecule has 4 N–H and O–H groups in total. The molecule has 2 rings (SSSR count). The van der Waals surface area contributed by atoms with Gasteiger partial charge in [-0.2, -0.15) is 4.98 Å². The summed E-state index contributed by atoms with van der Waals surface area (Å²) in [5.41, 5.74) is 1.21. The van der Waals surface area contributed by atoms with Gasteiger partial charge in [0.05, 0.1) is 5.70 Å². The molecule has 0 saturated heterocycles. The van der Waals surface area contributed by atoms with Crippen molar-refractivity contribution in [1.29, 1.82) is 5.41 Å². The third-order valence-corrected chi connectivity index (χ3v) is 4.32. The van der Waals surface area contributed by atoms with Gasteiger partial charge >= 0.3 is 5.97 Å². The molecule has 0 aliphatic rings. The Morgan fingerprint density at radius 2 is 2.23 bits per heavy atom. The Morgan fingerprint density at radius 3 is 2.85 bits per heavy atom. The van der Waals surface area contributed by atoms with E-state index < -0.39 is 5.97 Å². The second-order valence-corrected chi connectivity index (χ2v) is 6.50. The van der Waals surface area contributed by atoms with E-state index in [2.05, 4.69) is 45.9 Å². The Labute approximate surface area is 152 Å². The fourth-order valence-corrected chi connectivity index (χ4v) is 2.73. The molecule has 0 bridgehead atoms. The second-order valence-electron chi connectivity index (χ2n) is 6.50. The van der Waals surface area contributed by atoms with Crippen LogP contribution in [-0.2, 0) is 11.3 Å². The molecule has 0 radical (unpaired) electrons. The molecule has 140 valence electrons. The van der Waals surface area contributed by atoms with Crippen LogP contribution in [0.1, 0.15) is 27.2 Å². The van der Waals surface area contributed by atoms with Crippen molar-refractivity contribution >= 4 is 29.2 Å². The molecular formula is C18H26N6O2. The summed E-state index contributed by atoms with van der Waals surface area (Å²) in [6.45, 7) is 7.32. The number of nitrogens with one attached hydrogen (secondary N) is 3. The van der Waals surface area contributed by atoms with Crippen LogP contribution in [0.2, 0.25) is 0 Å². The van der Waals surface area contributed by atoms with Gasteiger partial charge in [-0.3, -0.25) is 4.79 Å². The molecule has 0 aliphatic heterocycles. The minimum absolute atomic E-state index is 0.227. The first-order valence-corrected chi connectivity index (χ1v) is 8.69. The molecular weight excluding hydrogens is 332 g/mol. The third kappa shape index (κ3) is 5.05. The van der Waals surface area contributed by atoms with Crippen molar-refractivity contribution in [3.05, 3.63) is 30.4 Å². The first-order valence-electron chi connectivity index (χ1n) is 8.69. The standard InChI is InChI=1S/C18H26N6O2/c1-4-13(12(2)3)11-24-6-5-14-8-21-18(23-17(14)24)22-15(7-19)9-20-10-16(25)26/h5-9,12-13,19-20H,4,10-11H2,1-3H3,(H,25,26)(H,21,22,23)/b15-9+,19-7?/t13-/m1/s1. The van der Waals surface area contributed by atoms with Crippen LogP contribution in [0.5, 0.6) is 0 Å². The maximum absolute atomic E-state index is 10.5. The van der Waals surface area contributed by atoms with Crippen molar-refractivity contribution in [1.82, 2.24) is 19.9 Å². The summed E-state index contributed by atoms with van der Waals surface area (Å²) in [6, 6.07) is 1.99. The smallest absolute Gasteiger partial charge is 0.322 e. The zero-order chi connectivity index (χ0) is 19.1. The van der Waals surface area contributed by atoms with Crippen LogP contribution in [0.3, 0.4) is 0 Å². The molecule has 0 fully saturated rings. The number of anilines is 1. The topological polar surface area (TPSA) is 116 Å². The molecule has 8 nitrogen and oxygen atoms in total. The van der Waals surface area contributed by atoms with Crippen molar-refractivity contribution in [3.63, 3.8) is 0 Å². The van der Waals surface area contributed by atoms with Crippen LogP contribution >= 0.6 is 0 Å². The number of aromatic nitrogens is 3. The summed E-state index contributed by atoms with van der Waals surface area (Å²) in [5.74, 6) is 0.539. The van der Waals surface area contributed by atoms with Crippen LogP contribution in [0, 0.1) is 17.2 Å². The number of fused-ring (bicyclic) bond motifs is 1. The Kier molecular flexibility index (Phi) is 6.71. The number of carboxylic acid groups (broad SMARTS) is 1. The number of rotatable bonds is 10. The van der Waals surface area contributed by atoms with E-state index in [1.54, 1.807) is 6.20 Å². The van der Waals surface area contributed by atoms with E-state index in [1.807, 2.05) is 12.3 Å². The van der Waals surface area contributed by atoms with Gasteiger partial charge in [0, 0.05) is 36.7 Å². The van der Waals surface area contributed by atoms with Crippen molar-refractivity contribution in [2.45, 2.75) is 33.7 Å². The van der Waals surface area contributed by atoms with Gasteiger partial charge in [0.1, 0.15) is 12.2 Å². The van der Waals surface area contributed by atoms with Gasteiger partial charge in [-0.1, -0.05) is 27.2 Å². The zero-order valence-electron chi connectivity index (χ0n) is 15.4. The summed E-state index contributed by atoms with van der Waals surface area (Å²) < 4.78 is 2.13. The highest BCUT2D eigenvalue weighted by Gasteiger charge is 2.14. The molecule has 0 saturated carbocycles. The quantitative estimate of drug-likeness (QED) is 0.485. The first kappa shape index (κ1) is 19.4. The van der Waals surface area contributed by atoms with Crippen LogP contribution in [0.4, 0.5) is 5.95 Å². The summed E-state index contributed by atoms with van der Waals surface area (Å²) in [5, 5.41) is 22.6. The van der Waals surface area contributed by atoms with Crippen molar-refractivity contribution in [2.75, 3.05) is 11.9 Å². The molecule has 0 aliphatic carbocycles. The molecule has 0 unspecified atom stereocenters. The van der Waals surface area contributed by atoms with Crippen LogP contribution in [-0.4, -0.2) is 38.4 Å². The number of hydrogen-bond acceptors (Lipinski definition) is 6. The predicted molar refractivity (Wildman–Crippen MR) is 102 cm³/mol. The lowest BCUT2D eigenvalue weighted by Gasteiger charge is -2.20. The molecule has 1 atom stereocenters. The van der Waals surface area contributed by atoms with Gasteiger partial charge in [-0.15, -0.1) is 0 Å². The molecule has 0 spiro atoms. The van der Waals surface area contributed by atoms with E-state index >= 15 is 0 Å². The summed E-state index contributed by atoms with van der Waals surface area (Å²) in [4.78, 5) is 19.4.